The Morgan fingerprint density at radius 2 is 2.45 bits per heavy atom. The highest BCUT2D eigenvalue weighted by atomic mass is 16.2. The lowest BCUT2D eigenvalue weighted by Crippen LogP contribution is -2.26. The Bertz CT molecular complexity index is 195. The highest BCUT2D eigenvalue weighted by Crippen LogP contribution is 2.37. The van der Waals surface area contributed by atoms with Crippen molar-refractivity contribution in [3.05, 3.63) is 0 Å². The maximum Gasteiger partial charge on any atom is 0.223 e. The standard InChI is InChI=1S/C8H12N2O/c1-6-5-7(6)8(11)10-4-2-3-9/h6-7H,2,4-5H2,1H3,(H,10,11). The van der Waals surface area contributed by atoms with E-state index in [4.69, 9.17) is 5.26 Å². The summed E-state index contributed by atoms with van der Waals surface area (Å²) in [7, 11) is 0. The molecule has 0 spiro atoms. The molecule has 3 nitrogen and oxygen atoms in total. The molecule has 60 valence electrons. The second-order valence-corrected chi connectivity index (χ2v) is 3.02. The number of nitrogens with zero attached hydrogens (tertiary/aromatic N) is 1. The molecule has 1 aliphatic carbocycles. The van der Waals surface area contributed by atoms with Crippen molar-refractivity contribution in [1.82, 2.24) is 5.32 Å². The van der Waals surface area contributed by atoms with Gasteiger partial charge in [-0.05, 0) is 12.3 Å². The monoisotopic (exact) mass is 152 g/mol. The largest absolute Gasteiger partial charge is 0.355 e. The molecular weight excluding hydrogens is 140 g/mol. The van der Waals surface area contributed by atoms with E-state index >= 15 is 0 Å². The molecule has 1 amide bonds. The van der Waals surface area contributed by atoms with E-state index in [0.717, 1.165) is 6.42 Å². The van der Waals surface area contributed by atoms with Crippen LogP contribution in [-0.4, -0.2) is 12.5 Å². The Labute approximate surface area is 66.4 Å². The Morgan fingerprint density at radius 3 is 2.91 bits per heavy atom. The first-order valence-electron chi connectivity index (χ1n) is 3.90. The maximum absolute atomic E-state index is 11.1. The summed E-state index contributed by atoms with van der Waals surface area (Å²) >= 11 is 0. The second-order valence-electron chi connectivity index (χ2n) is 3.02. The van der Waals surface area contributed by atoms with E-state index < -0.39 is 0 Å². The smallest absolute Gasteiger partial charge is 0.223 e. The van der Waals surface area contributed by atoms with Crippen molar-refractivity contribution in [2.24, 2.45) is 11.8 Å². The molecular formula is C8H12N2O. The second kappa shape index (κ2) is 3.38. The quantitative estimate of drug-likeness (QED) is 0.604. The number of carbonyl (C=O) groups is 1. The number of rotatable bonds is 3. The van der Waals surface area contributed by atoms with Crippen LogP contribution in [0.4, 0.5) is 0 Å². The van der Waals surface area contributed by atoms with Crippen molar-refractivity contribution < 1.29 is 4.79 Å². The highest BCUT2D eigenvalue weighted by Gasteiger charge is 2.38. The van der Waals surface area contributed by atoms with Gasteiger partial charge in [0.15, 0.2) is 0 Å². The van der Waals surface area contributed by atoms with Gasteiger partial charge >= 0.3 is 0 Å². The highest BCUT2D eigenvalue weighted by molar-refractivity contribution is 5.81. The molecule has 2 atom stereocenters. The molecule has 1 rings (SSSR count). The normalized spacial score (nSPS) is 27.3. The summed E-state index contributed by atoms with van der Waals surface area (Å²) in [5.41, 5.74) is 0. The van der Waals surface area contributed by atoms with Crippen LogP contribution in [0.15, 0.2) is 0 Å². The molecule has 0 saturated heterocycles. The number of nitrogens with one attached hydrogen (secondary N) is 1. The van der Waals surface area contributed by atoms with E-state index in [-0.39, 0.29) is 11.8 Å². The minimum atomic E-state index is 0.118. The van der Waals surface area contributed by atoms with E-state index in [1.54, 1.807) is 0 Å². The van der Waals surface area contributed by atoms with Gasteiger partial charge in [-0.3, -0.25) is 4.79 Å². The number of amides is 1. The van der Waals surface area contributed by atoms with Gasteiger partial charge in [0.1, 0.15) is 0 Å². The summed E-state index contributed by atoms with van der Waals surface area (Å²) in [6.07, 6.45) is 1.42. The van der Waals surface area contributed by atoms with Gasteiger partial charge in [0.05, 0.1) is 12.5 Å². The van der Waals surface area contributed by atoms with Crippen LogP contribution in [0.5, 0.6) is 0 Å². The molecule has 0 aromatic heterocycles. The van der Waals surface area contributed by atoms with Crippen LogP contribution >= 0.6 is 0 Å². The summed E-state index contributed by atoms with van der Waals surface area (Å²) in [6.45, 7) is 2.56. The van der Waals surface area contributed by atoms with E-state index in [2.05, 4.69) is 12.2 Å². The van der Waals surface area contributed by atoms with Crippen LogP contribution in [0.25, 0.3) is 0 Å². The third kappa shape index (κ3) is 2.23. The Balaban J connectivity index is 2.08. The SMILES string of the molecule is CC1CC1C(=O)NCCC#N. The van der Waals surface area contributed by atoms with Gasteiger partial charge in [-0.25, -0.2) is 0 Å². The van der Waals surface area contributed by atoms with E-state index in [1.807, 2.05) is 6.07 Å². The fourth-order valence-electron chi connectivity index (χ4n) is 1.06. The number of carbonyl (C=O) groups excluding carboxylic acids is 1. The van der Waals surface area contributed by atoms with E-state index in [9.17, 15) is 4.79 Å². The molecule has 2 unspecified atom stereocenters. The Hall–Kier alpha value is -1.04. The number of hydrogen-bond donors (Lipinski definition) is 1. The molecule has 0 aromatic rings. The molecule has 0 radical (unpaired) electrons. The van der Waals surface area contributed by atoms with Crippen LogP contribution < -0.4 is 5.32 Å². The van der Waals surface area contributed by atoms with Gasteiger partial charge < -0.3 is 5.32 Å². The molecule has 11 heavy (non-hydrogen) atoms. The molecule has 0 aliphatic heterocycles. The topological polar surface area (TPSA) is 52.9 Å². The molecule has 1 aliphatic rings. The Kier molecular flexibility index (Phi) is 2.48. The van der Waals surface area contributed by atoms with Crippen molar-refractivity contribution in [3.63, 3.8) is 0 Å². The molecule has 0 bridgehead atoms. The third-order valence-electron chi connectivity index (χ3n) is 1.98. The summed E-state index contributed by atoms with van der Waals surface area (Å²) in [5.74, 6) is 0.901. The van der Waals surface area contributed by atoms with Gasteiger partial charge in [0.2, 0.25) is 5.91 Å². The molecule has 1 fully saturated rings. The number of nitriles is 1. The zero-order valence-corrected chi connectivity index (χ0v) is 6.63. The van der Waals surface area contributed by atoms with Gasteiger partial charge in [-0.1, -0.05) is 6.92 Å². The summed E-state index contributed by atoms with van der Waals surface area (Å²) in [4.78, 5) is 11.1. The number of hydrogen-bond acceptors (Lipinski definition) is 2. The van der Waals surface area contributed by atoms with Crippen LogP contribution in [0.2, 0.25) is 0 Å². The molecule has 1 saturated carbocycles. The first-order chi connectivity index (χ1) is 5.25. The van der Waals surface area contributed by atoms with Crippen LogP contribution in [0.1, 0.15) is 19.8 Å². The molecule has 1 N–H and O–H groups in total. The third-order valence-corrected chi connectivity index (χ3v) is 1.98. The molecule has 0 aromatic carbocycles. The average molecular weight is 152 g/mol. The van der Waals surface area contributed by atoms with Gasteiger partial charge in [-0.15, -0.1) is 0 Å². The van der Waals surface area contributed by atoms with E-state index in [1.165, 1.54) is 0 Å². The van der Waals surface area contributed by atoms with Gasteiger partial charge in [0, 0.05) is 12.5 Å². The fourth-order valence-corrected chi connectivity index (χ4v) is 1.06. The first-order valence-corrected chi connectivity index (χ1v) is 3.90. The van der Waals surface area contributed by atoms with E-state index in [0.29, 0.717) is 18.9 Å². The van der Waals surface area contributed by atoms with Crippen molar-refractivity contribution in [2.45, 2.75) is 19.8 Å². The van der Waals surface area contributed by atoms with Crippen molar-refractivity contribution in [3.8, 4) is 6.07 Å². The van der Waals surface area contributed by atoms with Crippen molar-refractivity contribution in [1.29, 1.82) is 5.26 Å². The minimum absolute atomic E-state index is 0.118. The zero-order chi connectivity index (χ0) is 8.27. The minimum Gasteiger partial charge on any atom is -0.355 e. The van der Waals surface area contributed by atoms with Gasteiger partial charge in [0.25, 0.3) is 0 Å². The Morgan fingerprint density at radius 1 is 1.82 bits per heavy atom. The summed E-state index contributed by atoms with van der Waals surface area (Å²) in [5, 5.41) is 10.9. The molecule has 0 heterocycles. The molecule has 3 heteroatoms. The predicted octanol–water partition coefficient (Wildman–Crippen LogP) is 0.672. The van der Waals surface area contributed by atoms with Gasteiger partial charge in [-0.2, -0.15) is 5.26 Å². The zero-order valence-electron chi connectivity index (χ0n) is 6.63. The lowest BCUT2D eigenvalue weighted by Gasteiger charge is -1.99. The average Bonchev–Trinajstić information content (AvgIpc) is 2.67. The lowest BCUT2D eigenvalue weighted by atomic mass is 10.3. The van der Waals surface area contributed by atoms with Crippen LogP contribution in [0.3, 0.4) is 0 Å². The van der Waals surface area contributed by atoms with Crippen molar-refractivity contribution in [2.75, 3.05) is 6.54 Å². The van der Waals surface area contributed by atoms with Crippen LogP contribution in [-0.2, 0) is 4.79 Å². The summed E-state index contributed by atoms with van der Waals surface area (Å²) in [6, 6.07) is 1.98. The maximum atomic E-state index is 11.1. The first kappa shape index (κ1) is 8.06. The van der Waals surface area contributed by atoms with Crippen LogP contribution in [0, 0.1) is 23.2 Å². The lowest BCUT2D eigenvalue weighted by molar-refractivity contribution is -0.122. The van der Waals surface area contributed by atoms with Crippen molar-refractivity contribution >= 4 is 5.91 Å². The fraction of sp³-hybridized carbons (Fsp3) is 0.750. The summed E-state index contributed by atoms with van der Waals surface area (Å²) < 4.78 is 0. The predicted molar refractivity (Wildman–Crippen MR) is 40.5 cm³/mol.